The van der Waals surface area contributed by atoms with E-state index in [0.29, 0.717) is 13.0 Å². The van der Waals surface area contributed by atoms with Crippen LogP contribution < -0.4 is 10.6 Å². The van der Waals surface area contributed by atoms with Crippen molar-refractivity contribution in [3.8, 4) is 0 Å². The van der Waals surface area contributed by atoms with E-state index in [1.54, 1.807) is 4.68 Å². The highest BCUT2D eigenvalue weighted by molar-refractivity contribution is 5.79. The van der Waals surface area contributed by atoms with Gasteiger partial charge in [-0.25, -0.2) is 9.98 Å². The average molecular weight is 296 g/mol. The van der Waals surface area contributed by atoms with Crippen molar-refractivity contribution in [3.63, 3.8) is 0 Å². The van der Waals surface area contributed by atoms with Gasteiger partial charge >= 0.3 is 5.97 Å². The smallest absolute Gasteiger partial charge is 0.305 e. The summed E-state index contributed by atoms with van der Waals surface area (Å²) in [4.78, 5) is 19.6. The van der Waals surface area contributed by atoms with Crippen LogP contribution in [0.15, 0.2) is 11.3 Å². The molecule has 0 saturated carbocycles. The number of hydrogen-bond donors (Lipinski definition) is 2. The second-order valence-electron chi connectivity index (χ2n) is 4.46. The zero-order valence-electron chi connectivity index (χ0n) is 12.9. The molecule has 1 rings (SSSR count). The summed E-state index contributed by atoms with van der Waals surface area (Å²) in [6.45, 7) is 4.01. The van der Waals surface area contributed by atoms with Crippen molar-refractivity contribution in [1.82, 2.24) is 25.4 Å². The summed E-state index contributed by atoms with van der Waals surface area (Å²) in [5.41, 5.74) is 0. The zero-order chi connectivity index (χ0) is 15.5. The molecule has 0 bridgehead atoms. The van der Waals surface area contributed by atoms with E-state index in [2.05, 4.69) is 30.4 Å². The van der Waals surface area contributed by atoms with Crippen molar-refractivity contribution in [2.45, 2.75) is 32.7 Å². The maximum atomic E-state index is 11.0. The van der Waals surface area contributed by atoms with Gasteiger partial charge in [-0.1, -0.05) is 0 Å². The number of hydrogen-bond acceptors (Lipinski definition) is 5. The Hall–Kier alpha value is -2.12. The summed E-state index contributed by atoms with van der Waals surface area (Å²) >= 11 is 0. The van der Waals surface area contributed by atoms with Crippen molar-refractivity contribution >= 4 is 11.9 Å². The van der Waals surface area contributed by atoms with Crippen molar-refractivity contribution in [2.75, 3.05) is 20.2 Å². The van der Waals surface area contributed by atoms with E-state index >= 15 is 0 Å². The minimum Gasteiger partial charge on any atom is -0.469 e. The molecule has 1 aromatic heterocycles. The number of nitrogens with one attached hydrogen (secondary N) is 2. The van der Waals surface area contributed by atoms with E-state index < -0.39 is 0 Å². The molecule has 1 heterocycles. The monoisotopic (exact) mass is 296 g/mol. The standard InChI is InChI=1S/C13H24N6O2/c1-4-14-13(15-8-6-5-7-12(20)21-3)16-9-11-17-10-18-19(11)2/h10H,4-9H2,1-3H3,(H2,14,15,16). The molecule has 1 aromatic rings. The molecule has 0 atom stereocenters. The fraction of sp³-hybridized carbons (Fsp3) is 0.692. The number of rotatable bonds is 8. The summed E-state index contributed by atoms with van der Waals surface area (Å²) in [6, 6.07) is 0. The molecule has 0 spiro atoms. The third-order valence-corrected chi connectivity index (χ3v) is 2.86. The number of methoxy groups -OCH3 is 1. The lowest BCUT2D eigenvalue weighted by Crippen LogP contribution is -2.37. The number of carbonyl (C=O) groups excluding carboxylic acids is 1. The van der Waals surface area contributed by atoms with Crippen LogP contribution in [0.5, 0.6) is 0 Å². The second-order valence-corrected chi connectivity index (χ2v) is 4.46. The molecule has 0 fully saturated rings. The Bertz CT molecular complexity index is 457. The molecule has 8 nitrogen and oxygen atoms in total. The molecule has 0 amide bonds. The lowest BCUT2D eigenvalue weighted by atomic mass is 10.2. The summed E-state index contributed by atoms with van der Waals surface area (Å²) in [5.74, 6) is 1.37. The molecular weight excluding hydrogens is 272 g/mol. The molecule has 21 heavy (non-hydrogen) atoms. The van der Waals surface area contributed by atoms with Gasteiger partial charge in [-0.05, 0) is 19.8 Å². The van der Waals surface area contributed by atoms with E-state index in [4.69, 9.17) is 0 Å². The molecule has 0 unspecified atom stereocenters. The van der Waals surface area contributed by atoms with Crippen LogP contribution in [0.2, 0.25) is 0 Å². The molecule has 0 saturated heterocycles. The minimum absolute atomic E-state index is 0.169. The molecule has 0 aliphatic carbocycles. The summed E-state index contributed by atoms with van der Waals surface area (Å²) in [5, 5.41) is 10.4. The third-order valence-electron chi connectivity index (χ3n) is 2.86. The number of aryl methyl sites for hydroxylation is 1. The average Bonchev–Trinajstić information content (AvgIpc) is 2.89. The van der Waals surface area contributed by atoms with Crippen LogP contribution >= 0.6 is 0 Å². The van der Waals surface area contributed by atoms with Gasteiger partial charge in [0.1, 0.15) is 18.7 Å². The van der Waals surface area contributed by atoms with E-state index in [0.717, 1.165) is 37.7 Å². The topological polar surface area (TPSA) is 93.4 Å². The molecule has 0 radical (unpaired) electrons. The number of ether oxygens (including phenoxy) is 1. The predicted octanol–water partition coefficient (Wildman–Crippen LogP) is 0.214. The van der Waals surface area contributed by atoms with Gasteiger partial charge in [0.25, 0.3) is 0 Å². The molecule has 0 aromatic carbocycles. The van der Waals surface area contributed by atoms with Crippen molar-refractivity contribution in [1.29, 1.82) is 0 Å². The van der Waals surface area contributed by atoms with Gasteiger partial charge in [0.2, 0.25) is 0 Å². The zero-order valence-corrected chi connectivity index (χ0v) is 12.9. The Labute approximate surface area is 125 Å². The quantitative estimate of drug-likeness (QED) is 0.308. The lowest BCUT2D eigenvalue weighted by Gasteiger charge is -2.10. The molecule has 0 aliphatic rings. The van der Waals surface area contributed by atoms with E-state index in [1.165, 1.54) is 13.4 Å². The highest BCUT2D eigenvalue weighted by atomic mass is 16.5. The minimum atomic E-state index is -0.169. The van der Waals surface area contributed by atoms with Crippen molar-refractivity contribution in [3.05, 3.63) is 12.2 Å². The summed E-state index contributed by atoms with van der Waals surface area (Å²) < 4.78 is 6.29. The normalized spacial score (nSPS) is 11.3. The van der Waals surface area contributed by atoms with Gasteiger partial charge in [-0.2, -0.15) is 5.10 Å². The summed E-state index contributed by atoms with van der Waals surface area (Å²) in [7, 11) is 3.24. The Morgan fingerprint density at radius 1 is 1.43 bits per heavy atom. The maximum Gasteiger partial charge on any atom is 0.305 e. The van der Waals surface area contributed by atoms with E-state index in [9.17, 15) is 4.79 Å². The Kier molecular flexibility index (Phi) is 7.85. The number of esters is 1. The van der Waals surface area contributed by atoms with Gasteiger partial charge < -0.3 is 15.4 Å². The van der Waals surface area contributed by atoms with Crippen LogP contribution in [0.4, 0.5) is 0 Å². The first-order valence-electron chi connectivity index (χ1n) is 7.09. The lowest BCUT2D eigenvalue weighted by molar-refractivity contribution is -0.140. The van der Waals surface area contributed by atoms with Gasteiger partial charge in [-0.3, -0.25) is 9.48 Å². The number of unbranched alkanes of at least 4 members (excludes halogenated alkanes) is 1. The Morgan fingerprint density at radius 2 is 2.24 bits per heavy atom. The number of guanidine groups is 1. The second kappa shape index (κ2) is 9.73. The fourth-order valence-corrected chi connectivity index (χ4v) is 1.66. The number of aromatic nitrogens is 3. The van der Waals surface area contributed by atoms with Gasteiger partial charge in [0.15, 0.2) is 5.96 Å². The Morgan fingerprint density at radius 3 is 2.86 bits per heavy atom. The predicted molar refractivity (Wildman–Crippen MR) is 79.7 cm³/mol. The highest BCUT2D eigenvalue weighted by Crippen LogP contribution is 1.96. The van der Waals surface area contributed by atoms with Crippen LogP contribution in [0.3, 0.4) is 0 Å². The van der Waals surface area contributed by atoms with Gasteiger partial charge in [0, 0.05) is 26.6 Å². The van der Waals surface area contributed by atoms with Gasteiger partial charge in [0.05, 0.1) is 7.11 Å². The number of carbonyl (C=O) groups is 1. The molecule has 0 aliphatic heterocycles. The molecule has 118 valence electrons. The first-order valence-corrected chi connectivity index (χ1v) is 7.09. The van der Waals surface area contributed by atoms with E-state index in [1.807, 2.05) is 14.0 Å². The van der Waals surface area contributed by atoms with Crippen molar-refractivity contribution < 1.29 is 9.53 Å². The third kappa shape index (κ3) is 6.73. The van der Waals surface area contributed by atoms with Crippen molar-refractivity contribution in [2.24, 2.45) is 12.0 Å². The highest BCUT2D eigenvalue weighted by Gasteiger charge is 2.02. The molecule has 2 N–H and O–H groups in total. The number of nitrogens with zero attached hydrogens (tertiary/aromatic N) is 4. The van der Waals surface area contributed by atoms with Crippen LogP contribution in [0.25, 0.3) is 0 Å². The van der Waals surface area contributed by atoms with E-state index in [-0.39, 0.29) is 5.97 Å². The first kappa shape index (κ1) is 16.9. The van der Waals surface area contributed by atoms with Crippen LogP contribution in [-0.4, -0.2) is 46.9 Å². The van der Waals surface area contributed by atoms with Crippen LogP contribution in [0.1, 0.15) is 32.0 Å². The largest absolute Gasteiger partial charge is 0.469 e. The van der Waals surface area contributed by atoms with Gasteiger partial charge in [-0.15, -0.1) is 0 Å². The first-order chi connectivity index (χ1) is 10.2. The van der Waals surface area contributed by atoms with Crippen LogP contribution in [-0.2, 0) is 23.1 Å². The fourth-order valence-electron chi connectivity index (χ4n) is 1.66. The molecule has 8 heteroatoms. The molecular formula is C13H24N6O2. The van der Waals surface area contributed by atoms with Crippen LogP contribution in [0, 0.1) is 0 Å². The summed E-state index contributed by atoms with van der Waals surface area (Å²) in [6.07, 6.45) is 3.63. The SMILES string of the molecule is CCNC(=NCc1ncnn1C)NCCCCC(=O)OC. The number of aliphatic imine (C=N–C) groups is 1. The maximum absolute atomic E-state index is 11.0. The Balaban J connectivity index is 2.32.